The smallest absolute Gasteiger partial charge is 0.323 e. The zero-order chi connectivity index (χ0) is 13.3. The third kappa shape index (κ3) is 2.13. The molecule has 0 aromatic heterocycles. The molecule has 1 unspecified atom stereocenters. The molecule has 1 heterocycles. The number of hydrogen-bond donors (Lipinski definition) is 1. The topological polar surface area (TPSA) is 53.0 Å². The Morgan fingerprint density at radius 3 is 2.83 bits per heavy atom. The predicted octanol–water partition coefficient (Wildman–Crippen LogP) is 1.62. The van der Waals surface area contributed by atoms with Crippen LogP contribution in [0.5, 0.6) is 5.75 Å². The highest BCUT2D eigenvalue weighted by Crippen LogP contribution is 2.36. The number of aliphatic hydroxyl groups excluding tert-OH is 1. The monoisotopic (exact) mass is 250 g/mol. The zero-order valence-corrected chi connectivity index (χ0v) is 10.9. The minimum absolute atomic E-state index is 0.0867. The van der Waals surface area contributed by atoms with Gasteiger partial charge in [0.2, 0.25) is 0 Å². The van der Waals surface area contributed by atoms with Gasteiger partial charge in [0.1, 0.15) is 5.75 Å². The minimum Gasteiger partial charge on any atom is -0.497 e. The maximum Gasteiger partial charge on any atom is 0.323 e. The number of fused-ring (bicyclic) bond motifs is 1. The van der Waals surface area contributed by atoms with Gasteiger partial charge >= 0.3 is 6.03 Å². The van der Waals surface area contributed by atoms with Crippen LogP contribution in [0, 0.1) is 0 Å². The van der Waals surface area contributed by atoms with Crippen LogP contribution in [0.15, 0.2) is 18.2 Å². The second kappa shape index (κ2) is 4.86. The van der Waals surface area contributed by atoms with E-state index >= 15 is 0 Å². The van der Waals surface area contributed by atoms with E-state index in [1.807, 2.05) is 6.07 Å². The molecule has 0 bridgehead atoms. The molecule has 0 radical (unpaired) electrons. The van der Waals surface area contributed by atoms with Crippen LogP contribution in [0.25, 0.3) is 0 Å². The van der Waals surface area contributed by atoms with Crippen molar-refractivity contribution in [2.24, 2.45) is 0 Å². The van der Waals surface area contributed by atoms with Crippen LogP contribution in [-0.4, -0.2) is 43.8 Å². The lowest BCUT2D eigenvalue weighted by atomic mass is 9.99. The lowest BCUT2D eigenvalue weighted by Gasteiger charge is -2.34. The molecule has 5 nitrogen and oxygen atoms in total. The second-order valence-electron chi connectivity index (χ2n) is 4.56. The van der Waals surface area contributed by atoms with E-state index in [0.29, 0.717) is 18.7 Å². The van der Waals surface area contributed by atoms with Crippen LogP contribution < -0.4 is 9.64 Å². The highest BCUT2D eigenvalue weighted by Gasteiger charge is 2.28. The summed E-state index contributed by atoms with van der Waals surface area (Å²) >= 11 is 0. The number of amides is 2. The molecule has 2 rings (SSSR count). The van der Waals surface area contributed by atoms with Gasteiger partial charge in [-0.05, 0) is 12.5 Å². The fourth-order valence-corrected chi connectivity index (χ4v) is 2.13. The molecule has 2 amide bonds. The molecule has 1 aliphatic rings. The summed E-state index contributed by atoms with van der Waals surface area (Å²) in [6, 6.07) is 5.31. The van der Waals surface area contributed by atoms with Gasteiger partial charge in [-0.15, -0.1) is 0 Å². The molecule has 5 heteroatoms. The number of rotatable bonds is 1. The van der Waals surface area contributed by atoms with Crippen molar-refractivity contribution < 1.29 is 14.6 Å². The second-order valence-corrected chi connectivity index (χ2v) is 4.56. The Balaban J connectivity index is 2.44. The molecule has 0 spiro atoms. The Morgan fingerprint density at radius 2 is 2.22 bits per heavy atom. The quantitative estimate of drug-likeness (QED) is 0.824. The minimum atomic E-state index is -0.517. The Bertz CT molecular complexity index is 460. The van der Waals surface area contributed by atoms with E-state index in [-0.39, 0.29) is 6.03 Å². The van der Waals surface area contributed by atoms with Gasteiger partial charge in [-0.2, -0.15) is 0 Å². The van der Waals surface area contributed by atoms with Crippen LogP contribution in [0.2, 0.25) is 0 Å². The van der Waals surface area contributed by atoms with Gasteiger partial charge in [-0.3, -0.25) is 4.90 Å². The van der Waals surface area contributed by atoms with Crippen LogP contribution in [0.4, 0.5) is 10.5 Å². The van der Waals surface area contributed by atoms with Crippen molar-refractivity contribution >= 4 is 11.7 Å². The molecule has 0 saturated heterocycles. The van der Waals surface area contributed by atoms with Gasteiger partial charge in [0.25, 0.3) is 0 Å². The van der Waals surface area contributed by atoms with Gasteiger partial charge in [-0.1, -0.05) is 6.07 Å². The van der Waals surface area contributed by atoms with Crippen LogP contribution in [0.3, 0.4) is 0 Å². The molecule has 1 atom stereocenters. The van der Waals surface area contributed by atoms with E-state index in [4.69, 9.17) is 4.74 Å². The molecular weight excluding hydrogens is 232 g/mol. The summed E-state index contributed by atoms with van der Waals surface area (Å²) in [6.45, 7) is 0.512. The number of nitrogens with zero attached hydrogens (tertiary/aromatic N) is 2. The molecule has 1 aliphatic heterocycles. The van der Waals surface area contributed by atoms with Crippen molar-refractivity contribution in [1.29, 1.82) is 0 Å². The van der Waals surface area contributed by atoms with E-state index in [0.717, 1.165) is 11.3 Å². The molecule has 0 saturated carbocycles. The Labute approximate surface area is 107 Å². The van der Waals surface area contributed by atoms with Gasteiger partial charge in [0.05, 0.1) is 18.9 Å². The van der Waals surface area contributed by atoms with Gasteiger partial charge < -0.3 is 14.7 Å². The molecule has 0 aliphatic carbocycles. The molecular formula is C13H18N2O3. The largest absolute Gasteiger partial charge is 0.497 e. The Morgan fingerprint density at radius 1 is 1.50 bits per heavy atom. The van der Waals surface area contributed by atoms with Crippen molar-refractivity contribution in [1.82, 2.24) is 4.90 Å². The van der Waals surface area contributed by atoms with Crippen LogP contribution in [-0.2, 0) is 0 Å². The predicted molar refractivity (Wildman–Crippen MR) is 69.0 cm³/mol. The number of ether oxygens (including phenoxy) is 1. The summed E-state index contributed by atoms with van der Waals surface area (Å²) in [5, 5.41) is 9.97. The summed E-state index contributed by atoms with van der Waals surface area (Å²) in [5.74, 6) is 0.680. The van der Waals surface area contributed by atoms with Crippen molar-refractivity contribution in [3.63, 3.8) is 0 Å². The number of carbonyl (C=O) groups is 1. The fourth-order valence-electron chi connectivity index (χ4n) is 2.13. The van der Waals surface area contributed by atoms with E-state index in [2.05, 4.69) is 0 Å². The fraction of sp³-hybridized carbons (Fsp3) is 0.462. The average Bonchev–Trinajstić information content (AvgIpc) is 2.38. The van der Waals surface area contributed by atoms with Gasteiger partial charge in [0, 0.05) is 32.3 Å². The Hall–Kier alpha value is -1.75. The summed E-state index contributed by atoms with van der Waals surface area (Å²) in [4.78, 5) is 15.3. The first-order valence-corrected chi connectivity index (χ1v) is 5.89. The first-order valence-electron chi connectivity index (χ1n) is 5.89. The highest BCUT2D eigenvalue weighted by molar-refractivity contribution is 5.93. The van der Waals surface area contributed by atoms with E-state index in [1.54, 1.807) is 38.2 Å². The normalized spacial score (nSPS) is 18.2. The third-order valence-electron chi connectivity index (χ3n) is 3.13. The summed E-state index contributed by atoms with van der Waals surface area (Å²) < 4.78 is 5.17. The van der Waals surface area contributed by atoms with E-state index < -0.39 is 6.10 Å². The maximum absolute atomic E-state index is 12.1. The molecule has 98 valence electrons. The lowest BCUT2D eigenvalue weighted by Crippen LogP contribution is -2.42. The van der Waals surface area contributed by atoms with E-state index in [9.17, 15) is 9.90 Å². The van der Waals surface area contributed by atoms with Gasteiger partial charge in [-0.25, -0.2) is 4.79 Å². The standard InChI is InChI=1S/C13H18N2O3/c1-14(2)13(17)15-7-6-12(16)10-5-4-9(18-3)8-11(10)15/h4-5,8,12,16H,6-7H2,1-3H3. The van der Waals surface area contributed by atoms with E-state index in [1.165, 1.54) is 4.90 Å². The number of hydrogen-bond acceptors (Lipinski definition) is 3. The summed E-state index contributed by atoms with van der Waals surface area (Å²) in [7, 11) is 5.01. The number of aliphatic hydroxyl groups is 1. The van der Waals surface area contributed by atoms with Crippen molar-refractivity contribution in [3.8, 4) is 5.75 Å². The first-order chi connectivity index (χ1) is 8.54. The SMILES string of the molecule is COc1ccc2c(c1)N(C(=O)N(C)C)CCC2O. The number of carbonyl (C=O) groups excluding carboxylic acids is 1. The lowest BCUT2D eigenvalue weighted by molar-refractivity contribution is 0.162. The highest BCUT2D eigenvalue weighted by atomic mass is 16.5. The number of methoxy groups -OCH3 is 1. The summed E-state index contributed by atoms with van der Waals surface area (Å²) in [5.41, 5.74) is 1.50. The third-order valence-corrected chi connectivity index (χ3v) is 3.13. The number of benzene rings is 1. The van der Waals surface area contributed by atoms with Crippen LogP contribution in [0.1, 0.15) is 18.1 Å². The zero-order valence-electron chi connectivity index (χ0n) is 10.9. The average molecular weight is 250 g/mol. The summed E-state index contributed by atoms with van der Waals surface area (Å²) in [6.07, 6.45) is 0.0379. The molecule has 1 aromatic rings. The molecule has 1 N–H and O–H groups in total. The number of anilines is 1. The molecule has 0 fully saturated rings. The Kier molecular flexibility index (Phi) is 3.43. The maximum atomic E-state index is 12.1. The van der Waals surface area contributed by atoms with Crippen molar-refractivity contribution in [3.05, 3.63) is 23.8 Å². The molecule has 1 aromatic carbocycles. The van der Waals surface area contributed by atoms with Crippen LogP contribution >= 0.6 is 0 Å². The van der Waals surface area contributed by atoms with Crippen molar-refractivity contribution in [2.45, 2.75) is 12.5 Å². The molecule has 18 heavy (non-hydrogen) atoms. The first kappa shape index (κ1) is 12.7. The van der Waals surface area contributed by atoms with Gasteiger partial charge in [0.15, 0.2) is 0 Å². The van der Waals surface area contributed by atoms with Crippen molar-refractivity contribution in [2.75, 3.05) is 32.6 Å². The number of urea groups is 1.